The molecule has 0 saturated carbocycles. The van der Waals surface area contributed by atoms with Crippen molar-refractivity contribution in [1.29, 1.82) is 0 Å². The largest absolute Gasteiger partial charge is 0.360 e. The van der Waals surface area contributed by atoms with Gasteiger partial charge in [0.25, 0.3) is 5.91 Å². The monoisotopic (exact) mass is 458 g/mol. The summed E-state index contributed by atoms with van der Waals surface area (Å²) in [5, 5.41) is 6.94. The molecule has 0 atom stereocenters. The van der Waals surface area contributed by atoms with E-state index in [1.54, 1.807) is 25.4 Å². The lowest BCUT2D eigenvalue weighted by molar-refractivity contribution is 0.0950. The highest BCUT2D eigenvalue weighted by Crippen LogP contribution is 2.33. The maximum atomic E-state index is 14.3. The third-order valence-electron chi connectivity index (χ3n) is 5.43. The van der Waals surface area contributed by atoms with Gasteiger partial charge in [-0.3, -0.25) is 9.69 Å². The molecule has 1 fully saturated rings. The van der Waals surface area contributed by atoms with Gasteiger partial charge in [-0.25, -0.2) is 14.4 Å². The van der Waals surface area contributed by atoms with Crippen LogP contribution in [0.2, 0.25) is 5.02 Å². The summed E-state index contributed by atoms with van der Waals surface area (Å²) < 4.78 is 19.5. The first-order valence-corrected chi connectivity index (χ1v) is 10.9. The fourth-order valence-corrected chi connectivity index (χ4v) is 4.01. The molecule has 168 valence electrons. The van der Waals surface area contributed by atoms with Crippen LogP contribution in [0.25, 0.3) is 11.3 Å². The summed E-state index contributed by atoms with van der Waals surface area (Å²) >= 11 is 6.14. The van der Waals surface area contributed by atoms with E-state index in [0.29, 0.717) is 12.3 Å². The van der Waals surface area contributed by atoms with Gasteiger partial charge in [0.1, 0.15) is 22.8 Å². The molecule has 1 N–H and O–H groups in total. The van der Waals surface area contributed by atoms with E-state index < -0.39 is 5.82 Å². The molecular weight excluding hydrogens is 435 g/mol. The second-order valence-corrected chi connectivity index (χ2v) is 7.95. The van der Waals surface area contributed by atoms with Gasteiger partial charge in [0, 0.05) is 45.1 Å². The highest BCUT2D eigenvalue weighted by atomic mass is 35.5. The van der Waals surface area contributed by atoms with Gasteiger partial charge < -0.3 is 14.7 Å². The Morgan fingerprint density at radius 2 is 1.94 bits per heavy atom. The molecule has 1 aliphatic heterocycles. The minimum Gasteiger partial charge on any atom is -0.360 e. The van der Waals surface area contributed by atoms with Crippen LogP contribution in [-0.2, 0) is 0 Å². The zero-order chi connectivity index (χ0) is 22.5. The van der Waals surface area contributed by atoms with E-state index in [2.05, 4.69) is 30.2 Å². The van der Waals surface area contributed by atoms with Crippen LogP contribution in [0.4, 0.5) is 10.3 Å². The van der Waals surface area contributed by atoms with Crippen molar-refractivity contribution in [3.8, 4) is 11.3 Å². The lowest BCUT2D eigenvalue weighted by atomic mass is 10.0. The number of carbonyl (C=O) groups is 1. The third kappa shape index (κ3) is 4.89. The zero-order valence-corrected chi connectivity index (χ0v) is 18.5. The van der Waals surface area contributed by atoms with Crippen molar-refractivity contribution in [1.82, 2.24) is 25.3 Å². The maximum Gasteiger partial charge on any atom is 0.257 e. The van der Waals surface area contributed by atoms with Crippen molar-refractivity contribution in [2.24, 2.45) is 0 Å². The second kappa shape index (κ2) is 10.1. The summed E-state index contributed by atoms with van der Waals surface area (Å²) in [6.45, 7) is 6.51. The molecule has 0 aliphatic carbocycles. The van der Waals surface area contributed by atoms with E-state index in [4.69, 9.17) is 16.1 Å². The van der Waals surface area contributed by atoms with E-state index in [9.17, 15) is 9.18 Å². The Bertz CT molecular complexity index is 1050. The van der Waals surface area contributed by atoms with Crippen LogP contribution >= 0.6 is 11.6 Å². The van der Waals surface area contributed by atoms with E-state index in [-0.39, 0.29) is 27.8 Å². The molecule has 1 aliphatic rings. The normalized spacial score (nSPS) is 14.5. The second-order valence-electron chi connectivity index (χ2n) is 7.55. The number of anilines is 1. The maximum absolute atomic E-state index is 14.3. The SMILES string of the molecule is Cc1onc(-c2c(F)cccc2Cl)c1C(=O)NCCCN1CCN(c2ncccn2)CC1. The molecule has 3 heterocycles. The number of hydrogen-bond donors (Lipinski definition) is 1. The highest BCUT2D eigenvalue weighted by molar-refractivity contribution is 6.33. The summed E-state index contributed by atoms with van der Waals surface area (Å²) in [5.74, 6) is 0.161. The molecule has 0 unspecified atom stereocenters. The first-order chi connectivity index (χ1) is 15.5. The number of carbonyl (C=O) groups excluding carboxylic acids is 1. The standard InChI is InChI=1S/C22H24ClFN6O2/c1-15-18(20(28-32-15)19-16(23)5-2-6-17(19)24)21(31)25-9-4-10-29-11-13-30(14-12-29)22-26-7-3-8-27-22/h2-3,5-8H,4,9-14H2,1H3,(H,25,31). The zero-order valence-electron chi connectivity index (χ0n) is 17.7. The summed E-state index contributed by atoms with van der Waals surface area (Å²) in [7, 11) is 0. The fourth-order valence-electron chi connectivity index (χ4n) is 3.75. The Morgan fingerprint density at radius 3 is 2.66 bits per heavy atom. The molecule has 10 heteroatoms. The van der Waals surface area contributed by atoms with E-state index in [0.717, 1.165) is 45.1 Å². The lowest BCUT2D eigenvalue weighted by Crippen LogP contribution is -2.47. The molecular formula is C22H24ClFN6O2. The summed E-state index contributed by atoms with van der Waals surface area (Å²) in [5.41, 5.74) is 0.382. The summed E-state index contributed by atoms with van der Waals surface area (Å²) in [4.78, 5) is 25.9. The molecule has 32 heavy (non-hydrogen) atoms. The molecule has 4 rings (SSSR count). The average Bonchev–Trinajstić information content (AvgIpc) is 3.18. The molecule has 0 bridgehead atoms. The van der Waals surface area contributed by atoms with Gasteiger partial charge in [-0.05, 0) is 38.1 Å². The molecule has 8 nitrogen and oxygen atoms in total. The molecule has 0 spiro atoms. The molecule has 1 amide bonds. The summed E-state index contributed by atoms with van der Waals surface area (Å²) in [6, 6.07) is 6.13. The van der Waals surface area contributed by atoms with Gasteiger partial charge in [0.15, 0.2) is 0 Å². The Balaban J connectivity index is 1.28. The first kappa shape index (κ1) is 22.2. The topological polar surface area (TPSA) is 87.4 Å². The van der Waals surface area contributed by atoms with E-state index in [1.807, 2.05) is 6.07 Å². The number of aromatic nitrogens is 3. The van der Waals surface area contributed by atoms with Crippen LogP contribution in [0, 0.1) is 12.7 Å². The Labute approximate surface area is 190 Å². The van der Waals surface area contributed by atoms with Crippen LogP contribution in [0.5, 0.6) is 0 Å². The van der Waals surface area contributed by atoms with Gasteiger partial charge >= 0.3 is 0 Å². The number of rotatable bonds is 7. The highest BCUT2D eigenvalue weighted by Gasteiger charge is 2.25. The number of aryl methyl sites for hydroxylation is 1. The van der Waals surface area contributed by atoms with Crippen molar-refractivity contribution in [3.63, 3.8) is 0 Å². The number of piperazine rings is 1. The predicted molar refractivity (Wildman–Crippen MR) is 119 cm³/mol. The fraction of sp³-hybridized carbons (Fsp3) is 0.364. The van der Waals surface area contributed by atoms with E-state index in [1.165, 1.54) is 12.1 Å². The lowest BCUT2D eigenvalue weighted by Gasteiger charge is -2.34. The molecule has 0 radical (unpaired) electrons. The Hall–Kier alpha value is -3.04. The van der Waals surface area contributed by atoms with Crippen molar-refractivity contribution >= 4 is 23.5 Å². The van der Waals surface area contributed by atoms with Crippen molar-refractivity contribution in [2.75, 3.05) is 44.2 Å². The Kier molecular flexibility index (Phi) is 6.96. The number of nitrogens with zero attached hydrogens (tertiary/aromatic N) is 5. The quantitative estimate of drug-likeness (QED) is 0.544. The van der Waals surface area contributed by atoms with Gasteiger partial charge in [-0.15, -0.1) is 0 Å². The predicted octanol–water partition coefficient (Wildman–Crippen LogP) is 3.17. The Morgan fingerprint density at radius 1 is 1.19 bits per heavy atom. The molecule has 3 aromatic rings. The van der Waals surface area contributed by atoms with Crippen molar-refractivity contribution in [3.05, 3.63) is 58.8 Å². The minimum atomic E-state index is -0.556. The van der Waals surface area contributed by atoms with Crippen molar-refractivity contribution in [2.45, 2.75) is 13.3 Å². The van der Waals surface area contributed by atoms with Gasteiger partial charge in [-0.1, -0.05) is 22.8 Å². The number of halogens is 2. The summed E-state index contributed by atoms with van der Waals surface area (Å²) in [6.07, 6.45) is 4.29. The van der Waals surface area contributed by atoms with Crippen LogP contribution in [0.1, 0.15) is 22.5 Å². The van der Waals surface area contributed by atoms with Crippen LogP contribution < -0.4 is 10.2 Å². The number of nitrogens with one attached hydrogen (secondary N) is 1. The van der Waals surface area contributed by atoms with Gasteiger partial charge in [0.2, 0.25) is 5.95 Å². The minimum absolute atomic E-state index is 0.0661. The third-order valence-corrected chi connectivity index (χ3v) is 5.75. The first-order valence-electron chi connectivity index (χ1n) is 10.5. The smallest absolute Gasteiger partial charge is 0.257 e. The van der Waals surface area contributed by atoms with Gasteiger partial charge in [0.05, 0.1) is 10.6 Å². The van der Waals surface area contributed by atoms with Crippen LogP contribution in [-0.4, -0.2) is 65.2 Å². The molecule has 2 aromatic heterocycles. The number of amides is 1. The molecule has 1 saturated heterocycles. The molecule has 1 aromatic carbocycles. The average molecular weight is 459 g/mol. The van der Waals surface area contributed by atoms with Crippen LogP contribution in [0.15, 0.2) is 41.2 Å². The number of benzene rings is 1. The number of hydrogen-bond acceptors (Lipinski definition) is 7. The van der Waals surface area contributed by atoms with Crippen molar-refractivity contribution < 1.29 is 13.7 Å². The van der Waals surface area contributed by atoms with Crippen LogP contribution in [0.3, 0.4) is 0 Å². The van der Waals surface area contributed by atoms with E-state index >= 15 is 0 Å². The van der Waals surface area contributed by atoms with Gasteiger partial charge in [-0.2, -0.15) is 0 Å².